The Labute approximate surface area is 177 Å². The zero-order valence-electron chi connectivity index (χ0n) is 16.1. The fourth-order valence-electron chi connectivity index (χ4n) is 4.02. The molecule has 0 spiro atoms. The third kappa shape index (κ3) is 3.24. The van der Waals surface area contributed by atoms with Gasteiger partial charge in [0.05, 0.1) is 17.2 Å². The molecule has 0 saturated heterocycles. The maximum atomic E-state index is 14.9. The molecule has 0 atom stereocenters. The quantitative estimate of drug-likeness (QED) is 0.440. The van der Waals surface area contributed by atoms with Gasteiger partial charge in [0.2, 0.25) is 5.89 Å². The highest BCUT2D eigenvalue weighted by atomic mass is 35.5. The number of benzene rings is 3. The second kappa shape index (κ2) is 7.74. The zero-order valence-corrected chi connectivity index (χ0v) is 16.9. The van der Waals surface area contributed by atoms with Gasteiger partial charge in [-0.3, -0.25) is 0 Å². The van der Waals surface area contributed by atoms with Crippen LogP contribution in [0.1, 0.15) is 17.5 Å². The number of aliphatic hydroxyl groups is 1. The average Bonchev–Trinajstić information content (AvgIpc) is 3.40. The number of aromatic nitrogens is 1. The van der Waals surface area contributed by atoms with Crippen molar-refractivity contribution in [2.45, 2.75) is 19.3 Å². The van der Waals surface area contributed by atoms with Gasteiger partial charge < -0.3 is 14.3 Å². The van der Waals surface area contributed by atoms with E-state index in [4.69, 9.17) is 25.9 Å². The van der Waals surface area contributed by atoms with E-state index in [1.807, 2.05) is 48.5 Å². The Hall–Kier alpha value is -2.89. The molecule has 1 aromatic heterocycles. The van der Waals surface area contributed by atoms with Crippen LogP contribution in [0, 0.1) is 5.82 Å². The molecule has 3 aromatic carbocycles. The molecule has 4 aromatic rings. The fraction of sp³-hybridized carbons (Fsp3) is 0.208. The number of oxazole rings is 1. The van der Waals surface area contributed by atoms with Crippen molar-refractivity contribution in [3.8, 4) is 28.3 Å². The van der Waals surface area contributed by atoms with Crippen molar-refractivity contribution in [1.29, 1.82) is 0 Å². The van der Waals surface area contributed by atoms with Crippen molar-refractivity contribution in [3.05, 3.63) is 70.5 Å². The molecule has 0 fully saturated rings. The van der Waals surface area contributed by atoms with Crippen molar-refractivity contribution in [2.24, 2.45) is 0 Å². The van der Waals surface area contributed by atoms with Gasteiger partial charge in [-0.15, -0.1) is 0 Å². The molecule has 1 aliphatic carbocycles. The maximum absolute atomic E-state index is 14.9. The number of halogens is 2. The van der Waals surface area contributed by atoms with Gasteiger partial charge >= 0.3 is 0 Å². The Balaban J connectivity index is 1.58. The summed E-state index contributed by atoms with van der Waals surface area (Å²) in [6.45, 7) is 0.161. The lowest BCUT2D eigenvalue weighted by molar-refractivity contribution is 0.201. The van der Waals surface area contributed by atoms with Gasteiger partial charge in [0.25, 0.3) is 0 Å². The summed E-state index contributed by atoms with van der Waals surface area (Å²) in [6.07, 6.45) is 2.56. The van der Waals surface area contributed by atoms with E-state index in [0.717, 1.165) is 41.5 Å². The van der Waals surface area contributed by atoms with Crippen LogP contribution in [0.2, 0.25) is 5.02 Å². The SMILES string of the molecule is OCCOc1cccc(-c2cccc(-c3nc4cc5c(c(F)c4o3)CCC5)c2Cl)c1. The molecule has 5 rings (SSSR count). The molecule has 4 nitrogen and oxygen atoms in total. The van der Waals surface area contributed by atoms with Crippen LogP contribution in [0.25, 0.3) is 33.7 Å². The molecule has 0 aliphatic heterocycles. The van der Waals surface area contributed by atoms with E-state index in [1.54, 1.807) is 0 Å². The Bertz CT molecular complexity index is 1250. The number of aliphatic hydroxyl groups excluding tert-OH is 1. The molecular weight excluding hydrogens is 405 g/mol. The largest absolute Gasteiger partial charge is 0.491 e. The highest BCUT2D eigenvalue weighted by Crippen LogP contribution is 2.39. The minimum atomic E-state index is -0.306. The molecule has 0 unspecified atom stereocenters. The summed E-state index contributed by atoms with van der Waals surface area (Å²) in [4.78, 5) is 4.53. The van der Waals surface area contributed by atoms with Crippen molar-refractivity contribution >= 4 is 22.7 Å². The first-order chi connectivity index (χ1) is 14.7. The number of rotatable bonds is 5. The highest BCUT2D eigenvalue weighted by Gasteiger charge is 2.23. The number of nitrogens with zero attached hydrogens (tertiary/aromatic N) is 1. The summed E-state index contributed by atoms with van der Waals surface area (Å²) < 4.78 is 26.2. The van der Waals surface area contributed by atoms with Crippen molar-refractivity contribution in [3.63, 3.8) is 0 Å². The molecule has 0 amide bonds. The molecule has 6 heteroatoms. The van der Waals surface area contributed by atoms with Gasteiger partial charge in [-0.25, -0.2) is 9.37 Å². The van der Waals surface area contributed by atoms with E-state index in [1.165, 1.54) is 0 Å². The number of fused-ring (bicyclic) bond motifs is 2. The first-order valence-corrected chi connectivity index (χ1v) is 10.3. The van der Waals surface area contributed by atoms with Crippen molar-refractivity contribution < 1.29 is 18.7 Å². The van der Waals surface area contributed by atoms with Crippen LogP contribution in [-0.2, 0) is 12.8 Å². The first-order valence-electron chi connectivity index (χ1n) is 9.89. The van der Waals surface area contributed by atoms with Crippen LogP contribution in [0.15, 0.2) is 52.9 Å². The van der Waals surface area contributed by atoms with Crippen LogP contribution < -0.4 is 4.74 Å². The van der Waals surface area contributed by atoms with Crippen LogP contribution >= 0.6 is 11.6 Å². The maximum Gasteiger partial charge on any atom is 0.229 e. The van der Waals surface area contributed by atoms with Crippen LogP contribution in [0.3, 0.4) is 0 Å². The van der Waals surface area contributed by atoms with E-state index < -0.39 is 0 Å². The summed E-state index contributed by atoms with van der Waals surface area (Å²) in [5, 5.41) is 9.43. The van der Waals surface area contributed by atoms with Crippen LogP contribution in [0.4, 0.5) is 4.39 Å². The third-order valence-electron chi connectivity index (χ3n) is 5.42. The van der Waals surface area contributed by atoms with E-state index in [0.29, 0.717) is 27.7 Å². The molecule has 1 N–H and O–H groups in total. The average molecular weight is 424 g/mol. The number of hydrogen-bond acceptors (Lipinski definition) is 4. The summed E-state index contributed by atoms with van der Waals surface area (Å²) >= 11 is 6.73. The van der Waals surface area contributed by atoms with Gasteiger partial charge in [0.15, 0.2) is 11.4 Å². The topological polar surface area (TPSA) is 55.5 Å². The minimum Gasteiger partial charge on any atom is -0.491 e. The summed E-state index contributed by atoms with van der Waals surface area (Å²) in [7, 11) is 0. The zero-order chi connectivity index (χ0) is 20.7. The van der Waals surface area contributed by atoms with Crippen molar-refractivity contribution in [1.82, 2.24) is 4.98 Å². The highest BCUT2D eigenvalue weighted by molar-refractivity contribution is 6.36. The fourth-order valence-corrected chi connectivity index (χ4v) is 4.33. The summed E-state index contributed by atoms with van der Waals surface area (Å²) in [6, 6.07) is 15.0. The van der Waals surface area contributed by atoms with E-state index in [9.17, 15) is 4.39 Å². The van der Waals surface area contributed by atoms with E-state index in [2.05, 4.69) is 4.98 Å². The second-order valence-corrected chi connectivity index (χ2v) is 7.69. The van der Waals surface area contributed by atoms with Gasteiger partial charge in [0.1, 0.15) is 17.9 Å². The number of aryl methyl sites for hydroxylation is 1. The predicted molar refractivity (Wildman–Crippen MR) is 114 cm³/mol. The van der Waals surface area contributed by atoms with Gasteiger partial charge in [-0.05, 0) is 60.2 Å². The smallest absolute Gasteiger partial charge is 0.229 e. The minimum absolute atomic E-state index is 0.0574. The molecule has 0 bridgehead atoms. The van der Waals surface area contributed by atoms with E-state index >= 15 is 0 Å². The van der Waals surface area contributed by atoms with Gasteiger partial charge in [-0.2, -0.15) is 0 Å². The molecule has 0 radical (unpaired) electrons. The lowest BCUT2D eigenvalue weighted by Crippen LogP contribution is -2.01. The Kier molecular flexibility index (Phi) is 4.93. The Morgan fingerprint density at radius 3 is 2.80 bits per heavy atom. The molecule has 30 heavy (non-hydrogen) atoms. The predicted octanol–water partition coefficient (Wildman–Crippen LogP) is 5.81. The van der Waals surface area contributed by atoms with Gasteiger partial charge in [0, 0.05) is 5.56 Å². The van der Waals surface area contributed by atoms with Gasteiger partial charge in [-0.1, -0.05) is 35.9 Å². The number of hydrogen-bond donors (Lipinski definition) is 1. The monoisotopic (exact) mass is 423 g/mol. The third-order valence-corrected chi connectivity index (χ3v) is 5.83. The molecule has 0 saturated carbocycles. The number of ether oxygens (including phenoxy) is 1. The molecule has 152 valence electrons. The van der Waals surface area contributed by atoms with E-state index in [-0.39, 0.29) is 24.6 Å². The summed E-state index contributed by atoms with van der Waals surface area (Å²) in [5.41, 5.74) is 4.71. The first kappa shape index (κ1) is 19.1. The lowest BCUT2D eigenvalue weighted by atomic mass is 10.0. The normalized spacial score (nSPS) is 13.0. The molecule has 1 heterocycles. The summed E-state index contributed by atoms with van der Waals surface area (Å²) in [5.74, 6) is 0.633. The van der Waals surface area contributed by atoms with Crippen LogP contribution in [0.5, 0.6) is 5.75 Å². The standard InChI is InChI=1S/C24H19ClFNO3/c25-21-17(14-4-1-6-16(12-14)29-11-10-28)7-3-9-19(21)24-27-20-13-15-5-2-8-18(15)22(26)23(20)30-24/h1,3-4,6-7,9,12-13,28H,2,5,8,10-11H2. The van der Waals surface area contributed by atoms with Crippen LogP contribution in [-0.4, -0.2) is 23.3 Å². The Morgan fingerprint density at radius 2 is 1.93 bits per heavy atom. The molecule has 1 aliphatic rings. The van der Waals surface area contributed by atoms with Crippen molar-refractivity contribution in [2.75, 3.05) is 13.2 Å². The second-order valence-electron chi connectivity index (χ2n) is 7.32. The Morgan fingerprint density at radius 1 is 1.10 bits per heavy atom. The lowest BCUT2D eigenvalue weighted by Gasteiger charge is -2.10. The molecular formula is C24H19ClFNO3.